The molecule has 1 unspecified atom stereocenters. The Morgan fingerprint density at radius 1 is 0.281 bits per heavy atom. The molecule has 0 spiro atoms. The van der Waals surface area contributed by atoms with Crippen molar-refractivity contribution in [2.24, 2.45) is 0 Å². The van der Waals surface area contributed by atoms with Crippen LogP contribution < -0.4 is 0 Å². The van der Waals surface area contributed by atoms with Gasteiger partial charge >= 0.3 is 0 Å². The van der Waals surface area contributed by atoms with E-state index in [1.807, 2.05) is 0 Å². The molecule has 0 aromatic heterocycles. The molecule has 6 fully saturated rings. The van der Waals surface area contributed by atoms with Crippen molar-refractivity contribution in [3.63, 3.8) is 0 Å². The SMILES string of the molecule is C[C@H]1O[C@@H](O[C@H]2[C@H](O[C@H]3[C@H](O)[C@@H](O[C@@H]4O[C@H](C)[C@@H](O)[C@H](O)[C@H]4O)[C@H](O[C@@H]4[C@@H](O)[C@H](O)O[C@H](CO)[C@H]4O)O[C@@H]3C)O[C@H](CO)[C@H](O)[C@@H]2O)[C@H](O)[C@@H](OC2O[C@H](CO)[C@@H](O)[C@H](O)[C@H]2O)[C@H]1O. The summed E-state index contributed by atoms with van der Waals surface area (Å²) in [4.78, 5) is 0. The van der Waals surface area contributed by atoms with Gasteiger partial charge in [0, 0.05) is 0 Å². The molecule has 6 saturated heterocycles. The van der Waals surface area contributed by atoms with Crippen LogP contribution in [0, 0.1) is 0 Å². The smallest absolute Gasteiger partial charge is 0.187 e. The fraction of sp³-hybridized carbons (Fsp3) is 1.00. The number of aliphatic hydroxyl groups is 17. The van der Waals surface area contributed by atoms with Crippen molar-refractivity contribution in [3.8, 4) is 0 Å². The monoisotopic (exact) mass is 942 g/mol. The fourth-order valence-corrected chi connectivity index (χ4v) is 8.33. The molecule has 6 heterocycles. The first-order chi connectivity index (χ1) is 30.1. The molecule has 0 aromatic rings. The second kappa shape index (κ2) is 21.7. The molecule has 0 aromatic carbocycles. The summed E-state index contributed by atoms with van der Waals surface area (Å²) in [6.45, 7) is 1.34. The maximum Gasteiger partial charge on any atom is 0.187 e. The van der Waals surface area contributed by atoms with E-state index in [1.165, 1.54) is 20.8 Å². The maximum atomic E-state index is 12.0. The molecule has 30 atom stereocenters. The van der Waals surface area contributed by atoms with Crippen molar-refractivity contribution in [1.82, 2.24) is 0 Å². The topological polar surface area (TPSA) is 445 Å². The minimum absolute atomic E-state index is 0.829. The summed E-state index contributed by atoms with van der Waals surface area (Å²) in [5, 5.41) is 180. The second-order valence-corrected chi connectivity index (χ2v) is 16.7. The van der Waals surface area contributed by atoms with Crippen LogP contribution in [0.1, 0.15) is 20.8 Å². The van der Waals surface area contributed by atoms with Gasteiger partial charge in [-0.15, -0.1) is 0 Å². The minimum atomic E-state index is -2.06. The van der Waals surface area contributed by atoms with E-state index in [-0.39, 0.29) is 0 Å². The van der Waals surface area contributed by atoms with Gasteiger partial charge in [-0.3, -0.25) is 0 Å². The highest BCUT2D eigenvalue weighted by Crippen LogP contribution is 2.37. The van der Waals surface area contributed by atoms with E-state index in [4.69, 9.17) is 52.1 Å². The van der Waals surface area contributed by atoms with Crippen molar-refractivity contribution in [1.29, 1.82) is 0 Å². The Morgan fingerprint density at radius 3 is 1.23 bits per heavy atom. The molecule has 6 aliphatic rings. The van der Waals surface area contributed by atoms with Crippen LogP contribution in [0.15, 0.2) is 0 Å². The van der Waals surface area contributed by atoms with Crippen molar-refractivity contribution >= 4 is 0 Å². The molecule has 0 aliphatic carbocycles. The highest BCUT2D eigenvalue weighted by molar-refractivity contribution is 4.99. The van der Waals surface area contributed by atoms with E-state index in [1.54, 1.807) is 0 Å². The first-order valence-corrected chi connectivity index (χ1v) is 20.7. The summed E-state index contributed by atoms with van der Waals surface area (Å²) in [7, 11) is 0. The first-order valence-electron chi connectivity index (χ1n) is 20.7. The van der Waals surface area contributed by atoms with Crippen LogP contribution in [0.3, 0.4) is 0 Å². The molecule has 64 heavy (non-hydrogen) atoms. The Kier molecular flexibility index (Phi) is 17.7. The van der Waals surface area contributed by atoms with Gasteiger partial charge in [-0.25, -0.2) is 0 Å². The zero-order valence-corrected chi connectivity index (χ0v) is 34.5. The van der Waals surface area contributed by atoms with E-state index in [9.17, 15) is 86.8 Å². The van der Waals surface area contributed by atoms with Gasteiger partial charge in [0.2, 0.25) is 0 Å². The highest BCUT2D eigenvalue weighted by Gasteiger charge is 2.57. The third kappa shape index (κ3) is 10.4. The van der Waals surface area contributed by atoms with E-state index in [2.05, 4.69) is 0 Å². The molecule has 6 rings (SSSR count). The lowest BCUT2D eigenvalue weighted by atomic mass is 9.95. The molecule has 0 radical (unpaired) electrons. The summed E-state index contributed by atoms with van der Waals surface area (Å²) in [6, 6.07) is 0. The average Bonchev–Trinajstić information content (AvgIpc) is 3.26. The first kappa shape index (κ1) is 52.3. The van der Waals surface area contributed by atoms with E-state index in [0.29, 0.717) is 0 Å². The number of hydrogen-bond acceptors (Lipinski definition) is 28. The Hall–Kier alpha value is -1.12. The lowest BCUT2D eigenvalue weighted by molar-refractivity contribution is -0.408. The quantitative estimate of drug-likeness (QED) is 0.0815. The maximum absolute atomic E-state index is 12.0. The van der Waals surface area contributed by atoms with Crippen molar-refractivity contribution < 1.29 is 139 Å². The zero-order chi connectivity index (χ0) is 47.2. The fourth-order valence-electron chi connectivity index (χ4n) is 8.33. The molecular weight excluding hydrogens is 880 g/mol. The van der Waals surface area contributed by atoms with E-state index in [0.717, 1.165) is 0 Å². The van der Waals surface area contributed by atoms with Crippen molar-refractivity contribution in [3.05, 3.63) is 0 Å². The molecule has 0 saturated carbocycles. The zero-order valence-electron chi connectivity index (χ0n) is 34.5. The van der Waals surface area contributed by atoms with Crippen LogP contribution in [-0.4, -0.2) is 291 Å². The van der Waals surface area contributed by atoms with E-state index < -0.39 is 204 Å². The summed E-state index contributed by atoms with van der Waals surface area (Å²) in [6.07, 6.45) is -53.6. The van der Waals surface area contributed by atoms with Gasteiger partial charge in [0.15, 0.2) is 37.7 Å². The second-order valence-electron chi connectivity index (χ2n) is 16.7. The summed E-state index contributed by atoms with van der Waals surface area (Å²) in [5.74, 6) is 0. The summed E-state index contributed by atoms with van der Waals surface area (Å²) < 4.78 is 62.8. The third-order valence-corrected chi connectivity index (χ3v) is 12.3. The lowest BCUT2D eigenvalue weighted by Crippen LogP contribution is -2.68. The molecule has 17 N–H and O–H groups in total. The summed E-state index contributed by atoms with van der Waals surface area (Å²) >= 11 is 0. The minimum Gasteiger partial charge on any atom is -0.394 e. The van der Waals surface area contributed by atoms with Gasteiger partial charge in [0.1, 0.15) is 128 Å². The van der Waals surface area contributed by atoms with Crippen LogP contribution >= 0.6 is 0 Å². The number of ether oxygens (including phenoxy) is 11. The number of hydrogen-bond donors (Lipinski definition) is 17. The molecule has 6 aliphatic heterocycles. The van der Waals surface area contributed by atoms with Gasteiger partial charge in [-0.1, -0.05) is 0 Å². The summed E-state index contributed by atoms with van der Waals surface area (Å²) in [5.41, 5.74) is 0. The molecular formula is C36H62O28. The van der Waals surface area contributed by atoms with Crippen LogP contribution in [0.4, 0.5) is 0 Å². The van der Waals surface area contributed by atoms with Gasteiger partial charge in [-0.05, 0) is 20.8 Å². The Morgan fingerprint density at radius 2 is 0.656 bits per heavy atom. The standard InChI is InChI=1S/C36H62O28/c1-7-13(40)18(45)21(48)32(54-7)64-30-23(50)26(9(3)56-35(30)62-28-17(44)12(6-39)57-31(53)24(28)51)60-36-29(20(47)16(43)11(5-38)59-36)63-34-25(52)27(14(41)8(2)55-34)61-33-22(49)19(46)15(42)10(4-37)58-33/h7-53H,4-6H2,1-3H3/t7-,8-,9-,10-,11-,12-,13-,14+,15-,16+,17-,18+,19+,20+,21-,22-,23+,24-,25-,26-,27+,28+,29-,30-,31-,32+,33?,34+,35+,36+/m1/s1. The van der Waals surface area contributed by atoms with Crippen molar-refractivity contribution in [2.75, 3.05) is 19.8 Å². The lowest BCUT2D eigenvalue weighted by Gasteiger charge is -2.50. The number of aliphatic hydroxyl groups excluding tert-OH is 17. The molecule has 374 valence electrons. The molecule has 0 amide bonds. The molecule has 28 nitrogen and oxygen atoms in total. The number of rotatable bonds is 13. The Bertz CT molecular complexity index is 1450. The highest BCUT2D eigenvalue weighted by atomic mass is 16.8. The predicted molar refractivity (Wildman–Crippen MR) is 195 cm³/mol. The normalized spacial score (nSPS) is 55.3. The third-order valence-electron chi connectivity index (χ3n) is 12.3. The largest absolute Gasteiger partial charge is 0.394 e. The molecule has 28 heteroatoms. The van der Waals surface area contributed by atoms with Gasteiger partial charge in [-0.2, -0.15) is 0 Å². The van der Waals surface area contributed by atoms with Crippen LogP contribution in [0.5, 0.6) is 0 Å². The van der Waals surface area contributed by atoms with Crippen LogP contribution in [0.2, 0.25) is 0 Å². The van der Waals surface area contributed by atoms with Gasteiger partial charge < -0.3 is 139 Å². The van der Waals surface area contributed by atoms with Crippen molar-refractivity contribution in [2.45, 2.75) is 205 Å². The van der Waals surface area contributed by atoms with E-state index >= 15 is 0 Å². The predicted octanol–water partition coefficient (Wildman–Crippen LogP) is -11.0. The van der Waals surface area contributed by atoms with Crippen LogP contribution in [0.25, 0.3) is 0 Å². The molecule has 0 bridgehead atoms. The van der Waals surface area contributed by atoms with Gasteiger partial charge in [0.05, 0.1) is 38.1 Å². The van der Waals surface area contributed by atoms with Gasteiger partial charge in [0.25, 0.3) is 0 Å². The average molecular weight is 943 g/mol. The van der Waals surface area contributed by atoms with Crippen LogP contribution in [-0.2, 0) is 52.1 Å². The Labute approximate surface area is 363 Å². The Balaban J connectivity index is 1.26.